The number of carbonyl (C=O) groups is 3. The Bertz CT molecular complexity index is 1620. The number of rotatable bonds is 67. The molecule has 0 radical (unpaired) electrons. The van der Waals surface area contributed by atoms with Gasteiger partial charge in [-0.15, -0.1) is 0 Å². The maximum absolute atomic E-state index is 12.9. The highest BCUT2D eigenvalue weighted by atomic mass is 16.7. The van der Waals surface area contributed by atoms with Gasteiger partial charge in [0.2, 0.25) is 0 Å². The van der Waals surface area contributed by atoms with E-state index in [2.05, 4.69) is 86.8 Å². The van der Waals surface area contributed by atoms with Crippen LogP contribution in [0.2, 0.25) is 0 Å². The highest BCUT2D eigenvalue weighted by Crippen LogP contribution is 2.18. The molecule has 0 spiro atoms. The topological polar surface area (TPSA) is 108 Å². The van der Waals surface area contributed by atoms with Crippen molar-refractivity contribution in [1.29, 1.82) is 0 Å². The lowest BCUT2D eigenvalue weighted by molar-refractivity contribution is -0.870. The summed E-state index contributed by atoms with van der Waals surface area (Å²) < 4.78 is 22.9. The van der Waals surface area contributed by atoms with Gasteiger partial charge in [-0.25, -0.2) is 4.79 Å². The minimum Gasteiger partial charge on any atom is -0.477 e. The first-order valence-corrected chi connectivity index (χ1v) is 36.1. The molecule has 0 aromatic heterocycles. The second kappa shape index (κ2) is 66.7. The molecule has 0 bridgehead atoms. The SMILES string of the molecule is CC/C=C\C/C=C\C/C=C\C/C=C\C/C=C\CCCCCCCC(=O)OC(COC(=O)CCCCCCCCCCCCCCCCCCCCCCCCCCCCC/C=C\CCCCCCCCCC)COC(OCC[N+](C)(C)C)C(=O)O. The summed E-state index contributed by atoms with van der Waals surface area (Å²) in [6.07, 6.45) is 86.2. The van der Waals surface area contributed by atoms with Gasteiger partial charge in [0.1, 0.15) is 13.2 Å². The van der Waals surface area contributed by atoms with E-state index in [1.54, 1.807) is 0 Å². The van der Waals surface area contributed by atoms with Crippen molar-refractivity contribution in [2.24, 2.45) is 0 Å². The van der Waals surface area contributed by atoms with E-state index in [-0.39, 0.29) is 32.2 Å². The molecule has 0 heterocycles. The van der Waals surface area contributed by atoms with Crippen molar-refractivity contribution < 1.29 is 42.9 Å². The van der Waals surface area contributed by atoms with Gasteiger partial charge in [-0.05, 0) is 83.5 Å². The van der Waals surface area contributed by atoms with Crippen LogP contribution in [-0.2, 0) is 33.3 Å². The van der Waals surface area contributed by atoms with Crippen LogP contribution in [0.3, 0.4) is 0 Å². The van der Waals surface area contributed by atoms with E-state index >= 15 is 0 Å². The largest absolute Gasteiger partial charge is 0.477 e. The molecule has 2 unspecified atom stereocenters. The lowest BCUT2D eigenvalue weighted by atomic mass is 10.0. The first kappa shape index (κ1) is 81.7. The number of likely N-dealkylation sites (N-methyl/N-ethyl adjacent to an activating group) is 1. The number of hydrogen-bond acceptors (Lipinski definition) is 7. The number of carboxylic acid groups (broad SMARTS) is 1. The summed E-state index contributed by atoms with van der Waals surface area (Å²) in [5, 5.41) is 9.74. The van der Waals surface area contributed by atoms with Gasteiger partial charge in [-0.3, -0.25) is 9.59 Å². The predicted octanol–water partition coefficient (Wildman–Crippen LogP) is 22.5. The van der Waals surface area contributed by atoms with E-state index in [4.69, 9.17) is 18.9 Å². The number of ether oxygens (including phenoxy) is 4. The Hall–Kier alpha value is -3.27. The molecule has 0 amide bonds. The molecular formula is C76H138NO8+. The Morgan fingerprint density at radius 2 is 0.671 bits per heavy atom. The molecule has 1 N–H and O–H groups in total. The summed E-state index contributed by atoms with van der Waals surface area (Å²) in [4.78, 5) is 37.6. The van der Waals surface area contributed by atoms with E-state index in [1.807, 2.05) is 21.1 Å². The molecular weight excluding hydrogens is 1050 g/mol. The zero-order valence-corrected chi connectivity index (χ0v) is 56.5. The molecule has 0 aliphatic carbocycles. The Morgan fingerprint density at radius 3 is 1.01 bits per heavy atom. The van der Waals surface area contributed by atoms with Crippen LogP contribution < -0.4 is 0 Å². The van der Waals surface area contributed by atoms with E-state index in [0.717, 1.165) is 83.5 Å². The molecule has 0 fully saturated rings. The van der Waals surface area contributed by atoms with E-state index in [0.29, 0.717) is 23.9 Å². The average molecular weight is 1190 g/mol. The van der Waals surface area contributed by atoms with Crippen LogP contribution in [0, 0.1) is 0 Å². The van der Waals surface area contributed by atoms with Crippen LogP contribution in [0.5, 0.6) is 0 Å². The first-order chi connectivity index (χ1) is 41.6. The number of esters is 2. The van der Waals surface area contributed by atoms with Crippen molar-refractivity contribution in [3.8, 4) is 0 Å². The summed E-state index contributed by atoms with van der Waals surface area (Å²) in [5.74, 6) is -2.02. The number of hydrogen-bond donors (Lipinski definition) is 1. The molecule has 0 saturated carbocycles. The third-order valence-electron chi connectivity index (χ3n) is 15.9. The number of carboxylic acids is 1. The third kappa shape index (κ3) is 68.1. The minimum absolute atomic E-state index is 0.182. The second-order valence-electron chi connectivity index (χ2n) is 25.5. The lowest BCUT2D eigenvalue weighted by Gasteiger charge is -2.25. The van der Waals surface area contributed by atoms with Crippen LogP contribution in [-0.4, -0.2) is 87.4 Å². The van der Waals surface area contributed by atoms with Crippen LogP contribution in [0.4, 0.5) is 0 Å². The maximum Gasteiger partial charge on any atom is 0.361 e. The Labute approximate surface area is 526 Å². The monoisotopic (exact) mass is 1190 g/mol. The molecule has 0 aromatic rings. The summed E-state index contributed by atoms with van der Waals surface area (Å²) in [6, 6.07) is 0. The lowest BCUT2D eigenvalue weighted by Crippen LogP contribution is -2.40. The highest BCUT2D eigenvalue weighted by Gasteiger charge is 2.25. The zero-order valence-electron chi connectivity index (χ0n) is 56.5. The fourth-order valence-corrected chi connectivity index (χ4v) is 10.5. The van der Waals surface area contributed by atoms with Crippen molar-refractivity contribution in [3.63, 3.8) is 0 Å². The minimum atomic E-state index is -1.52. The van der Waals surface area contributed by atoms with Gasteiger partial charge in [0.25, 0.3) is 6.29 Å². The molecule has 494 valence electrons. The smallest absolute Gasteiger partial charge is 0.361 e. The average Bonchev–Trinajstić information content (AvgIpc) is 3.48. The number of unbranched alkanes of at least 4 members (excludes halogenated alkanes) is 40. The van der Waals surface area contributed by atoms with Crippen molar-refractivity contribution in [2.45, 2.75) is 347 Å². The van der Waals surface area contributed by atoms with Gasteiger partial charge >= 0.3 is 17.9 Å². The van der Waals surface area contributed by atoms with E-state index in [1.165, 1.54) is 218 Å². The Morgan fingerprint density at radius 1 is 0.365 bits per heavy atom. The van der Waals surface area contributed by atoms with Gasteiger partial charge in [0.15, 0.2) is 6.10 Å². The van der Waals surface area contributed by atoms with E-state index in [9.17, 15) is 19.5 Å². The first-order valence-electron chi connectivity index (χ1n) is 36.1. The van der Waals surface area contributed by atoms with Crippen LogP contribution >= 0.6 is 0 Å². The van der Waals surface area contributed by atoms with Crippen molar-refractivity contribution in [2.75, 3.05) is 47.5 Å². The number of carbonyl (C=O) groups excluding carboxylic acids is 2. The summed E-state index contributed by atoms with van der Waals surface area (Å²) >= 11 is 0. The molecule has 9 heteroatoms. The molecule has 85 heavy (non-hydrogen) atoms. The van der Waals surface area contributed by atoms with Crippen molar-refractivity contribution in [3.05, 3.63) is 72.9 Å². The number of aliphatic carboxylic acids is 1. The fraction of sp³-hybridized carbons (Fsp3) is 0.803. The molecule has 0 aromatic carbocycles. The fourth-order valence-electron chi connectivity index (χ4n) is 10.5. The molecule has 0 rings (SSSR count). The van der Waals surface area contributed by atoms with Gasteiger partial charge in [-0.1, -0.05) is 311 Å². The highest BCUT2D eigenvalue weighted by molar-refractivity contribution is 5.71. The molecule has 0 aliphatic heterocycles. The summed E-state index contributed by atoms with van der Waals surface area (Å²) in [6.45, 7) is 4.77. The van der Waals surface area contributed by atoms with Gasteiger partial charge in [0, 0.05) is 12.8 Å². The van der Waals surface area contributed by atoms with Gasteiger partial charge in [-0.2, -0.15) is 0 Å². The Kier molecular flexibility index (Phi) is 64.1. The number of nitrogens with zero attached hydrogens (tertiary/aromatic N) is 1. The van der Waals surface area contributed by atoms with Crippen molar-refractivity contribution >= 4 is 17.9 Å². The molecule has 0 saturated heterocycles. The standard InChI is InChI=1S/C76H137NO8/c1-6-8-10-12-14-16-18-20-22-24-26-28-29-30-31-32-33-34-35-36-37-38-39-40-41-42-43-44-45-47-48-50-52-54-56-58-60-62-64-66-73(78)83-70-72(71-84-76(75(80)81)82-69-68-77(3,4)5)85-74(79)67-65-63-61-59-57-55-53-51-49-46-27-25-23-21-19-17-15-13-11-9-7-2/h9,11,15,17,21,23-24,26-27,46,51,53,72,76H,6-8,10,12-14,16,18-20,22,25,28-45,47-50,52,54-71H2,1-5H3/p+1/b11-9-,17-15-,23-21-,26-24-,46-27-,53-51-. The predicted molar refractivity (Wildman–Crippen MR) is 364 cm³/mol. The van der Waals surface area contributed by atoms with Gasteiger partial charge in [0.05, 0.1) is 34.4 Å². The Balaban J connectivity index is 3.99. The maximum atomic E-state index is 12.9. The third-order valence-corrected chi connectivity index (χ3v) is 15.9. The van der Waals surface area contributed by atoms with Crippen LogP contribution in [0.25, 0.3) is 0 Å². The van der Waals surface area contributed by atoms with E-state index < -0.39 is 24.3 Å². The normalized spacial score (nSPS) is 13.1. The number of allylic oxidation sites excluding steroid dienone is 12. The molecule has 0 aliphatic rings. The molecule has 2 atom stereocenters. The summed E-state index contributed by atoms with van der Waals surface area (Å²) in [7, 11) is 5.97. The quantitative estimate of drug-likeness (QED) is 0.0211. The number of quaternary nitrogens is 1. The van der Waals surface area contributed by atoms with Gasteiger partial charge < -0.3 is 28.5 Å². The molecule has 9 nitrogen and oxygen atoms in total. The second-order valence-corrected chi connectivity index (χ2v) is 25.5. The zero-order chi connectivity index (χ0) is 61.9. The summed E-state index contributed by atoms with van der Waals surface area (Å²) in [5.41, 5.74) is 0. The van der Waals surface area contributed by atoms with Crippen LogP contribution in [0.1, 0.15) is 335 Å². The van der Waals surface area contributed by atoms with Crippen molar-refractivity contribution in [1.82, 2.24) is 0 Å². The van der Waals surface area contributed by atoms with Crippen LogP contribution in [0.15, 0.2) is 72.9 Å².